The van der Waals surface area contributed by atoms with Crippen molar-refractivity contribution >= 4 is 35.8 Å². The van der Waals surface area contributed by atoms with E-state index in [0.29, 0.717) is 5.96 Å². The van der Waals surface area contributed by atoms with Gasteiger partial charge >= 0.3 is 0 Å². The van der Waals surface area contributed by atoms with Crippen LogP contribution >= 0.6 is 24.0 Å². The van der Waals surface area contributed by atoms with Gasteiger partial charge in [-0.25, -0.2) is 0 Å². The first-order chi connectivity index (χ1) is 12.0. The molecule has 1 aromatic rings. The monoisotopic (exact) mass is 472 g/mol. The van der Waals surface area contributed by atoms with Gasteiger partial charge < -0.3 is 20.3 Å². The van der Waals surface area contributed by atoms with Gasteiger partial charge in [-0.3, -0.25) is 9.79 Å². The molecule has 2 heterocycles. The molecule has 3 rings (SSSR count). The average Bonchev–Trinajstić information content (AvgIpc) is 3.11. The van der Waals surface area contributed by atoms with E-state index >= 15 is 0 Å². The Kier molecular flexibility index (Phi) is 7.14. The van der Waals surface area contributed by atoms with Gasteiger partial charge in [-0.2, -0.15) is 0 Å². The van der Waals surface area contributed by atoms with E-state index in [9.17, 15) is 4.79 Å². The molecule has 1 fully saturated rings. The molecule has 1 aromatic carbocycles. The Morgan fingerprint density at radius 2 is 2.00 bits per heavy atom. The van der Waals surface area contributed by atoms with E-state index in [1.807, 2.05) is 23.1 Å². The van der Waals surface area contributed by atoms with E-state index in [2.05, 4.69) is 35.5 Å². The molecule has 1 atom stereocenters. The van der Waals surface area contributed by atoms with Crippen LogP contribution in [0.4, 0.5) is 0 Å². The largest absolute Gasteiger partial charge is 0.487 e. The van der Waals surface area contributed by atoms with E-state index in [1.54, 1.807) is 7.05 Å². The highest BCUT2D eigenvalue weighted by Gasteiger charge is 2.34. The lowest BCUT2D eigenvalue weighted by molar-refractivity contribution is -0.128. The predicted octanol–water partition coefficient (Wildman–Crippen LogP) is 2.69. The SMILES string of the molecule is CN=C(NCC(=O)N1CCCC1)NC1CC(C)(C)Oc2ccccc21.I. The van der Waals surface area contributed by atoms with E-state index < -0.39 is 0 Å². The van der Waals surface area contributed by atoms with Crippen molar-refractivity contribution in [3.05, 3.63) is 29.8 Å². The summed E-state index contributed by atoms with van der Waals surface area (Å²) in [6, 6.07) is 8.16. The maximum atomic E-state index is 12.2. The molecule has 0 bridgehead atoms. The Labute approximate surface area is 172 Å². The lowest BCUT2D eigenvalue weighted by Gasteiger charge is -2.38. The number of carbonyl (C=O) groups is 1. The standard InChI is InChI=1S/C19H28N4O2.HI/c1-19(2)12-15(14-8-4-5-9-16(14)25-19)22-18(20-3)21-13-17(24)23-10-6-7-11-23;/h4-5,8-9,15H,6-7,10-13H2,1-3H3,(H2,20,21,22);1H. The summed E-state index contributed by atoms with van der Waals surface area (Å²) in [4.78, 5) is 18.4. The number of amides is 1. The number of halogens is 1. The normalized spacial score (nSPS) is 21.3. The predicted molar refractivity (Wildman–Crippen MR) is 114 cm³/mol. The van der Waals surface area contributed by atoms with Crippen molar-refractivity contribution in [2.24, 2.45) is 4.99 Å². The van der Waals surface area contributed by atoms with Crippen molar-refractivity contribution < 1.29 is 9.53 Å². The quantitative estimate of drug-likeness (QED) is 0.404. The first-order valence-electron chi connectivity index (χ1n) is 9.01. The van der Waals surface area contributed by atoms with Crippen LogP contribution in [-0.4, -0.2) is 49.0 Å². The summed E-state index contributed by atoms with van der Waals surface area (Å²) in [6.45, 7) is 6.19. The first kappa shape index (κ1) is 20.8. The van der Waals surface area contributed by atoms with Gasteiger partial charge in [0, 0.05) is 32.1 Å². The Bertz CT molecular complexity index is 657. The Balaban J connectivity index is 0.00000243. The van der Waals surface area contributed by atoms with Crippen molar-refractivity contribution in [3.8, 4) is 5.75 Å². The fraction of sp³-hybridized carbons (Fsp3) is 0.579. The van der Waals surface area contributed by atoms with Crippen molar-refractivity contribution in [2.75, 3.05) is 26.7 Å². The molecule has 2 aliphatic heterocycles. The van der Waals surface area contributed by atoms with E-state index in [-0.39, 0.29) is 48.1 Å². The lowest BCUT2D eigenvalue weighted by Crippen LogP contribution is -2.47. The minimum atomic E-state index is -0.254. The molecule has 6 nitrogen and oxygen atoms in total. The molecule has 1 unspecified atom stereocenters. The number of benzene rings is 1. The van der Waals surface area contributed by atoms with Crippen molar-refractivity contribution in [1.82, 2.24) is 15.5 Å². The number of aliphatic imine (C=N–C) groups is 1. The van der Waals surface area contributed by atoms with Crippen LogP contribution in [0.1, 0.15) is 44.7 Å². The molecule has 0 radical (unpaired) electrons. The molecule has 7 heteroatoms. The third-order valence-electron chi connectivity index (χ3n) is 4.78. The number of nitrogens with zero attached hydrogens (tertiary/aromatic N) is 2. The first-order valence-corrected chi connectivity index (χ1v) is 9.01. The lowest BCUT2D eigenvalue weighted by atomic mass is 9.90. The Morgan fingerprint density at radius 3 is 2.69 bits per heavy atom. The Hall–Kier alpha value is -1.51. The molecule has 2 N–H and O–H groups in total. The molecule has 0 aromatic heterocycles. The maximum absolute atomic E-state index is 12.2. The number of hydrogen-bond donors (Lipinski definition) is 2. The second-order valence-corrected chi connectivity index (χ2v) is 7.31. The van der Waals surface area contributed by atoms with Crippen LogP contribution < -0.4 is 15.4 Å². The third kappa shape index (κ3) is 5.02. The third-order valence-corrected chi connectivity index (χ3v) is 4.78. The molecular weight excluding hydrogens is 443 g/mol. The molecule has 0 aliphatic carbocycles. The average molecular weight is 472 g/mol. The van der Waals surface area contributed by atoms with E-state index in [0.717, 1.165) is 43.7 Å². The van der Waals surface area contributed by atoms with Crippen molar-refractivity contribution in [1.29, 1.82) is 0 Å². The molecule has 1 saturated heterocycles. The van der Waals surface area contributed by atoms with Crippen LogP contribution in [-0.2, 0) is 4.79 Å². The molecule has 144 valence electrons. The summed E-state index contributed by atoms with van der Waals surface area (Å²) >= 11 is 0. The summed E-state index contributed by atoms with van der Waals surface area (Å²) in [5, 5.41) is 6.61. The van der Waals surface area contributed by atoms with Crippen LogP contribution in [0.25, 0.3) is 0 Å². The van der Waals surface area contributed by atoms with Gasteiger partial charge in [0.1, 0.15) is 11.4 Å². The van der Waals surface area contributed by atoms with Crippen molar-refractivity contribution in [3.63, 3.8) is 0 Å². The zero-order valence-corrected chi connectivity index (χ0v) is 18.1. The summed E-state index contributed by atoms with van der Waals surface area (Å²) in [6.07, 6.45) is 3.03. The van der Waals surface area contributed by atoms with Gasteiger partial charge in [0.05, 0.1) is 12.6 Å². The molecule has 26 heavy (non-hydrogen) atoms. The smallest absolute Gasteiger partial charge is 0.241 e. The topological polar surface area (TPSA) is 66.0 Å². The number of nitrogens with one attached hydrogen (secondary N) is 2. The van der Waals surface area contributed by atoms with Gasteiger partial charge in [-0.15, -0.1) is 24.0 Å². The van der Waals surface area contributed by atoms with E-state index in [4.69, 9.17) is 4.74 Å². The fourth-order valence-electron chi connectivity index (χ4n) is 3.53. The van der Waals surface area contributed by atoms with Gasteiger partial charge in [0.25, 0.3) is 0 Å². The highest BCUT2D eigenvalue weighted by molar-refractivity contribution is 14.0. The van der Waals surface area contributed by atoms with Crippen LogP contribution in [0.15, 0.2) is 29.3 Å². The van der Waals surface area contributed by atoms with Crippen LogP contribution in [0.3, 0.4) is 0 Å². The summed E-state index contributed by atoms with van der Waals surface area (Å²) in [5.74, 6) is 1.68. The molecular formula is C19H29IN4O2. The number of rotatable bonds is 3. The number of fused-ring (bicyclic) bond motifs is 1. The van der Waals surface area contributed by atoms with Crippen LogP contribution in [0.5, 0.6) is 5.75 Å². The second-order valence-electron chi connectivity index (χ2n) is 7.31. The number of hydrogen-bond acceptors (Lipinski definition) is 3. The molecule has 0 spiro atoms. The highest BCUT2D eigenvalue weighted by atomic mass is 127. The Morgan fingerprint density at radius 1 is 1.31 bits per heavy atom. The van der Waals surface area contributed by atoms with Gasteiger partial charge in [-0.05, 0) is 32.8 Å². The minimum Gasteiger partial charge on any atom is -0.487 e. The maximum Gasteiger partial charge on any atom is 0.241 e. The molecule has 1 amide bonds. The number of ether oxygens (including phenoxy) is 1. The van der Waals surface area contributed by atoms with E-state index in [1.165, 1.54) is 0 Å². The number of para-hydroxylation sites is 1. The fourth-order valence-corrected chi connectivity index (χ4v) is 3.53. The number of likely N-dealkylation sites (tertiary alicyclic amines) is 1. The number of guanidine groups is 1. The zero-order valence-electron chi connectivity index (χ0n) is 15.7. The van der Waals surface area contributed by atoms with Gasteiger partial charge in [0.2, 0.25) is 5.91 Å². The molecule has 2 aliphatic rings. The minimum absolute atomic E-state index is 0. The summed E-state index contributed by atoms with van der Waals surface area (Å²) in [5.41, 5.74) is 0.867. The zero-order chi connectivity index (χ0) is 17.9. The van der Waals surface area contributed by atoms with Gasteiger partial charge in [-0.1, -0.05) is 18.2 Å². The van der Waals surface area contributed by atoms with Crippen molar-refractivity contribution in [2.45, 2.75) is 44.8 Å². The molecule has 0 saturated carbocycles. The van der Waals surface area contributed by atoms with Crippen LogP contribution in [0.2, 0.25) is 0 Å². The highest BCUT2D eigenvalue weighted by Crippen LogP contribution is 2.39. The summed E-state index contributed by atoms with van der Waals surface area (Å²) < 4.78 is 6.07. The number of carbonyl (C=O) groups excluding carboxylic acids is 1. The van der Waals surface area contributed by atoms with Gasteiger partial charge in [0.15, 0.2) is 5.96 Å². The second kappa shape index (κ2) is 8.92. The summed E-state index contributed by atoms with van der Waals surface area (Å²) in [7, 11) is 1.73. The van der Waals surface area contributed by atoms with Crippen LogP contribution in [0, 0.1) is 0 Å².